The number of rotatable bonds is 2. The zero-order valence-electron chi connectivity index (χ0n) is 11.2. The molecule has 2 rings (SSSR count). The van der Waals surface area contributed by atoms with Crippen LogP contribution in [-0.2, 0) is 5.60 Å². The van der Waals surface area contributed by atoms with Crippen LogP contribution in [0.25, 0.3) is 0 Å². The first-order valence-corrected chi connectivity index (χ1v) is 6.53. The van der Waals surface area contributed by atoms with Crippen LogP contribution >= 0.6 is 0 Å². The highest BCUT2D eigenvalue weighted by atomic mass is 19.1. The lowest BCUT2D eigenvalue weighted by molar-refractivity contribution is -0.0629. The topological polar surface area (TPSA) is 29.5 Å². The van der Waals surface area contributed by atoms with Gasteiger partial charge in [0.05, 0.1) is 12.7 Å². The van der Waals surface area contributed by atoms with Crippen molar-refractivity contribution in [2.45, 2.75) is 38.7 Å². The Morgan fingerprint density at radius 2 is 2.06 bits per heavy atom. The highest BCUT2D eigenvalue weighted by Crippen LogP contribution is 2.44. The van der Waals surface area contributed by atoms with E-state index in [1.807, 2.05) is 6.92 Å². The zero-order valence-corrected chi connectivity index (χ0v) is 11.2. The summed E-state index contributed by atoms with van der Waals surface area (Å²) < 4.78 is 18.7. The second-order valence-electron chi connectivity index (χ2n) is 5.56. The van der Waals surface area contributed by atoms with Crippen molar-refractivity contribution in [1.82, 2.24) is 0 Å². The Balaban J connectivity index is 2.36. The molecule has 18 heavy (non-hydrogen) atoms. The fraction of sp³-hybridized carbons (Fsp3) is 0.600. The summed E-state index contributed by atoms with van der Waals surface area (Å²) in [5.41, 5.74) is -0.245. The molecule has 100 valence electrons. The maximum atomic E-state index is 13.8. The van der Waals surface area contributed by atoms with E-state index in [-0.39, 0.29) is 11.7 Å². The summed E-state index contributed by atoms with van der Waals surface area (Å²) in [4.78, 5) is 0. The molecule has 1 saturated carbocycles. The lowest BCUT2D eigenvalue weighted by atomic mass is 9.69. The van der Waals surface area contributed by atoms with Gasteiger partial charge in [-0.2, -0.15) is 0 Å². The van der Waals surface area contributed by atoms with Gasteiger partial charge in [0.25, 0.3) is 0 Å². The SMILES string of the molecule is COc1ccc(C2(O)CC(C)CCC2C)cc1F. The Hall–Kier alpha value is -1.09. The fourth-order valence-corrected chi connectivity index (χ4v) is 2.95. The van der Waals surface area contributed by atoms with E-state index in [2.05, 4.69) is 6.92 Å². The van der Waals surface area contributed by atoms with Crippen LogP contribution in [0, 0.1) is 17.7 Å². The molecular formula is C15H21FO2. The maximum absolute atomic E-state index is 13.8. The Bertz CT molecular complexity index is 433. The van der Waals surface area contributed by atoms with E-state index in [1.54, 1.807) is 12.1 Å². The number of halogens is 1. The first kappa shape index (κ1) is 13.3. The van der Waals surface area contributed by atoms with Crippen LogP contribution in [0.15, 0.2) is 18.2 Å². The zero-order chi connectivity index (χ0) is 13.3. The molecule has 3 heteroatoms. The molecule has 3 atom stereocenters. The number of ether oxygens (including phenoxy) is 1. The average Bonchev–Trinajstić information content (AvgIpc) is 2.34. The van der Waals surface area contributed by atoms with Crippen molar-refractivity contribution in [3.8, 4) is 5.75 Å². The largest absolute Gasteiger partial charge is 0.494 e. The molecule has 0 saturated heterocycles. The second kappa shape index (κ2) is 4.88. The third-order valence-electron chi connectivity index (χ3n) is 4.22. The van der Waals surface area contributed by atoms with Crippen LogP contribution in [0.2, 0.25) is 0 Å². The first-order valence-electron chi connectivity index (χ1n) is 6.53. The van der Waals surface area contributed by atoms with E-state index in [0.717, 1.165) is 12.8 Å². The van der Waals surface area contributed by atoms with Gasteiger partial charge >= 0.3 is 0 Å². The van der Waals surface area contributed by atoms with Gasteiger partial charge in [0.2, 0.25) is 0 Å². The number of hydrogen-bond donors (Lipinski definition) is 1. The number of aliphatic hydroxyl groups is 1. The van der Waals surface area contributed by atoms with E-state index < -0.39 is 11.4 Å². The molecule has 2 nitrogen and oxygen atoms in total. The molecule has 0 bridgehead atoms. The predicted molar refractivity (Wildman–Crippen MR) is 69.0 cm³/mol. The fourth-order valence-electron chi connectivity index (χ4n) is 2.95. The van der Waals surface area contributed by atoms with Crippen LogP contribution in [-0.4, -0.2) is 12.2 Å². The van der Waals surface area contributed by atoms with Crippen LogP contribution in [0.1, 0.15) is 38.7 Å². The van der Waals surface area contributed by atoms with Gasteiger partial charge in [-0.3, -0.25) is 0 Å². The van der Waals surface area contributed by atoms with Gasteiger partial charge in [0.15, 0.2) is 11.6 Å². The van der Waals surface area contributed by atoms with Crippen LogP contribution < -0.4 is 4.74 Å². The van der Waals surface area contributed by atoms with E-state index in [0.29, 0.717) is 17.9 Å². The molecule has 1 aromatic carbocycles. The highest BCUT2D eigenvalue weighted by Gasteiger charge is 2.40. The Kier molecular flexibility index (Phi) is 3.62. The third kappa shape index (κ3) is 2.24. The summed E-state index contributed by atoms with van der Waals surface area (Å²) in [5.74, 6) is 0.436. The monoisotopic (exact) mass is 252 g/mol. The maximum Gasteiger partial charge on any atom is 0.165 e. The third-order valence-corrected chi connectivity index (χ3v) is 4.22. The van der Waals surface area contributed by atoms with Crippen molar-refractivity contribution in [3.63, 3.8) is 0 Å². The summed E-state index contributed by atoms with van der Waals surface area (Å²) in [6.45, 7) is 4.17. The molecule has 1 N–H and O–H groups in total. The van der Waals surface area contributed by atoms with Crippen LogP contribution in [0.5, 0.6) is 5.75 Å². The van der Waals surface area contributed by atoms with Crippen LogP contribution in [0.4, 0.5) is 4.39 Å². The van der Waals surface area contributed by atoms with Gasteiger partial charge in [0.1, 0.15) is 0 Å². The number of methoxy groups -OCH3 is 1. The number of benzene rings is 1. The quantitative estimate of drug-likeness (QED) is 0.873. The molecular weight excluding hydrogens is 231 g/mol. The van der Waals surface area contributed by atoms with Gasteiger partial charge in [-0.25, -0.2) is 4.39 Å². The molecule has 0 spiro atoms. The molecule has 0 heterocycles. The highest BCUT2D eigenvalue weighted by molar-refractivity contribution is 5.33. The predicted octanol–water partition coefficient (Wildman–Crippen LogP) is 3.48. The molecule has 1 aromatic rings. The van der Waals surface area contributed by atoms with Gasteiger partial charge < -0.3 is 9.84 Å². The Morgan fingerprint density at radius 3 is 2.67 bits per heavy atom. The molecule has 0 aromatic heterocycles. The minimum absolute atomic E-state index is 0.154. The molecule has 3 unspecified atom stereocenters. The van der Waals surface area contributed by atoms with Crippen molar-refractivity contribution >= 4 is 0 Å². The summed E-state index contributed by atoms with van der Waals surface area (Å²) in [7, 11) is 1.44. The lowest BCUT2D eigenvalue weighted by Crippen LogP contribution is -2.39. The van der Waals surface area contributed by atoms with Crippen LogP contribution in [0.3, 0.4) is 0 Å². The van der Waals surface area contributed by atoms with E-state index >= 15 is 0 Å². The van der Waals surface area contributed by atoms with Crippen molar-refractivity contribution in [2.24, 2.45) is 11.8 Å². The number of hydrogen-bond acceptors (Lipinski definition) is 2. The van der Waals surface area contributed by atoms with Crippen molar-refractivity contribution in [2.75, 3.05) is 7.11 Å². The molecule has 0 aliphatic heterocycles. The average molecular weight is 252 g/mol. The molecule has 0 amide bonds. The normalized spacial score (nSPS) is 32.3. The second-order valence-corrected chi connectivity index (χ2v) is 5.56. The summed E-state index contributed by atoms with van der Waals surface area (Å²) >= 11 is 0. The van der Waals surface area contributed by atoms with E-state index in [1.165, 1.54) is 13.2 Å². The standard InChI is InChI=1S/C15H21FO2/c1-10-4-5-11(2)15(17,9-10)12-6-7-14(18-3)13(16)8-12/h6-8,10-11,17H,4-5,9H2,1-3H3. The Labute approximate surface area is 108 Å². The van der Waals surface area contributed by atoms with Gasteiger partial charge in [0, 0.05) is 0 Å². The van der Waals surface area contributed by atoms with E-state index in [4.69, 9.17) is 4.74 Å². The molecule has 1 fully saturated rings. The molecule has 1 aliphatic carbocycles. The molecule has 1 aliphatic rings. The van der Waals surface area contributed by atoms with Crippen molar-refractivity contribution in [1.29, 1.82) is 0 Å². The smallest absolute Gasteiger partial charge is 0.165 e. The van der Waals surface area contributed by atoms with E-state index in [9.17, 15) is 9.50 Å². The summed E-state index contributed by atoms with van der Waals surface area (Å²) in [6.07, 6.45) is 2.80. The minimum atomic E-state index is -0.912. The van der Waals surface area contributed by atoms with Gasteiger partial charge in [-0.15, -0.1) is 0 Å². The van der Waals surface area contributed by atoms with Crippen molar-refractivity contribution < 1.29 is 14.2 Å². The van der Waals surface area contributed by atoms with Gasteiger partial charge in [-0.1, -0.05) is 26.3 Å². The lowest BCUT2D eigenvalue weighted by Gasteiger charge is -2.41. The van der Waals surface area contributed by atoms with Crippen molar-refractivity contribution in [3.05, 3.63) is 29.6 Å². The summed E-state index contributed by atoms with van der Waals surface area (Å²) in [5, 5.41) is 10.9. The Morgan fingerprint density at radius 1 is 1.33 bits per heavy atom. The van der Waals surface area contributed by atoms with Gasteiger partial charge in [-0.05, 0) is 42.4 Å². The molecule has 0 radical (unpaired) electrons. The first-order chi connectivity index (χ1) is 8.47. The minimum Gasteiger partial charge on any atom is -0.494 e. The summed E-state index contributed by atoms with van der Waals surface area (Å²) in [6, 6.07) is 4.78.